The van der Waals surface area contributed by atoms with Gasteiger partial charge in [-0.3, -0.25) is 0 Å². The van der Waals surface area contributed by atoms with Crippen molar-refractivity contribution < 1.29 is 0 Å². The van der Waals surface area contributed by atoms with Crippen molar-refractivity contribution in [2.75, 3.05) is 30.4 Å². The molecule has 0 aliphatic rings. The number of nitrogens with zero attached hydrogens (tertiary/aromatic N) is 3. The van der Waals surface area contributed by atoms with Gasteiger partial charge >= 0.3 is 0 Å². The molecule has 4 nitrogen and oxygen atoms in total. The van der Waals surface area contributed by atoms with Gasteiger partial charge in [-0.2, -0.15) is 0 Å². The maximum Gasteiger partial charge on any atom is 0.137 e. The molecule has 0 amide bonds. The Morgan fingerprint density at radius 1 is 1.30 bits per heavy atom. The Bertz CT molecular complexity index is 551. The minimum Gasteiger partial charge on any atom is -0.370 e. The monoisotopic (exact) mass is 290 g/mol. The summed E-state index contributed by atoms with van der Waals surface area (Å²) >= 11 is 1.81. The molecule has 0 bridgehead atoms. The van der Waals surface area contributed by atoms with Crippen molar-refractivity contribution in [2.24, 2.45) is 0 Å². The van der Waals surface area contributed by atoms with Gasteiger partial charge in [0, 0.05) is 30.6 Å². The number of aromatic nitrogens is 2. The van der Waals surface area contributed by atoms with Crippen LogP contribution in [0.1, 0.15) is 23.2 Å². The highest BCUT2D eigenvalue weighted by Crippen LogP contribution is 2.23. The number of likely N-dealkylation sites (N-methyl/N-ethyl adjacent to an activating group) is 1. The first-order valence-electron chi connectivity index (χ1n) is 6.94. The summed E-state index contributed by atoms with van der Waals surface area (Å²) in [5, 5.41) is 5.43. The number of hydrogen-bond donors (Lipinski definition) is 1. The smallest absolute Gasteiger partial charge is 0.137 e. The summed E-state index contributed by atoms with van der Waals surface area (Å²) in [4.78, 5) is 12.7. The topological polar surface area (TPSA) is 41.1 Å². The molecule has 20 heavy (non-hydrogen) atoms. The first-order chi connectivity index (χ1) is 9.61. The molecular formula is C15H22N4S. The van der Waals surface area contributed by atoms with E-state index in [1.54, 1.807) is 11.3 Å². The summed E-state index contributed by atoms with van der Waals surface area (Å²) in [5.41, 5.74) is 1.12. The number of anilines is 2. The zero-order valence-corrected chi connectivity index (χ0v) is 13.4. The average Bonchev–Trinajstić information content (AvgIpc) is 2.93. The number of rotatable bonds is 6. The Morgan fingerprint density at radius 2 is 2.10 bits per heavy atom. The van der Waals surface area contributed by atoms with Gasteiger partial charge < -0.3 is 10.2 Å². The van der Waals surface area contributed by atoms with Crippen molar-refractivity contribution in [3.8, 4) is 0 Å². The minimum atomic E-state index is 0.810. The fourth-order valence-electron chi connectivity index (χ4n) is 2.16. The highest BCUT2D eigenvalue weighted by molar-refractivity contribution is 7.09. The van der Waals surface area contributed by atoms with Crippen molar-refractivity contribution in [1.82, 2.24) is 9.97 Å². The largest absolute Gasteiger partial charge is 0.370 e. The van der Waals surface area contributed by atoms with Gasteiger partial charge in [-0.05, 0) is 38.6 Å². The Kier molecular flexibility index (Phi) is 4.95. The molecular weight excluding hydrogens is 268 g/mol. The molecule has 2 aromatic heterocycles. The van der Waals surface area contributed by atoms with Crippen LogP contribution in [0.4, 0.5) is 11.6 Å². The first-order valence-corrected chi connectivity index (χ1v) is 7.82. The summed E-state index contributed by atoms with van der Waals surface area (Å²) in [7, 11) is 2.10. The van der Waals surface area contributed by atoms with Gasteiger partial charge in [0.25, 0.3) is 0 Å². The highest BCUT2D eigenvalue weighted by atomic mass is 32.1. The SMILES string of the molecule is CCNc1nc(C)nc(N(C)CCc2cccs2)c1C. The molecule has 5 heteroatoms. The number of aryl methyl sites for hydroxylation is 1. The van der Waals surface area contributed by atoms with E-state index in [0.717, 1.165) is 42.5 Å². The van der Waals surface area contributed by atoms with Crippen LogP contribution in [-0.4, -0.2) is 30.1 Å². The fraction of sp³-hybridized carbons (Fsp3) is 0.467. The fourth-order valence-corrected chi connectivity index (χ4v) is 2.86. The molecule has 2 aromatic rings. The third-order valence-corrected chi connectivity index (χ3v) is 4.15. The maximum absolute atomic E-state index is 4.59. The molecule has 0 atom stereocenters. The van der Waals surface area contributed by atoms with Crippen molar-refractivity contribution in [3.05, 3.63) is 33.8 Å². The van der Waals surface area contributed by atoms with Crippen molar-refractivity contribution in [1.29, 1.82) is 0 Å². The van der Waals surface area contributed by atoms with Gasteiger partial charge in [0.15, 0.2) is 0 Å². The van der Waals surface area contributed by atoms with Crippen LogP contribution >= 0.6 is 11.3 Å². The third-order valence-electron chi connectivity index (χ3n) is 3.21. The standard InChI is InChI=1S/C15H22N4S/c1-5-16-14-11(2)15(18-12(3)17-14)19(4)9-8-13-7-6-10-20-13/h6-7,10H,5,8-9H2,1-4H3,(H,16,17,18). The zero-order valence-electron chi connectivity index (χ0n) is 12.6. The van der Waals surface area contributed by atoms with E-state index >= 15 is 0 Å². The highest BCUT2D eigenvalue weighted by Gasteiger charge is 2.12. The molecule has 0 spiro atoms. The van der Waals surface area contributed by atoms with Crippen molar-refractivity contribution in [2.45, 2.75) is 27.2 Å². The number of nitrogens with one attached hydrogen (secondary N) is 1. The molecule has 0 saturated carbocycles. The van der Waals surface area contributed by atoms with Crippen LogP contribution in [0.5, 0.6) is 0 Å². The molecule has 1 N–H and O–H groups in total. The van der Waals surface area contributed by atoms with Crippen LogP contribution in [-0.2, 0) is 6.42 Å². The summed E-state index contributed by atoms with van der Waals surface area (Å²) < 4.78 is 0. The van der Waals surface area contributed by atoms with Crippen LogP contribution < -0.4 is 10.2 Å². The summed E-state index contributed by atoms with van der Waals surface area (Å²) in [6, 6.07) is 4.28. The molecule has 0 saturated heterocycles. The average molecular weight is 290 g/mol. The van der Waals surface area contributed by atoms with E-state index in [1.807, 2.05) is 6.92 Å². The lowest BCUT2D eigenvalue weighted by Gasteiger charge is -2.21. The molecule has 0 unspecified atom stereocenters. The van der Waals surface area contributed by atoms with Gasteiger partial charge in [-0.1, -0.05) is 6.07 Å². The van der Waals surface area contributed by atoms with E-state index in [4.69, 9.17) is 0 Å². The molecule has 2 heterocycles. The lowest BCUT2D eigenvalue weighted by atomic mass is 10.2. The van der Waals surface area contributed by atoms with E-state index in [9.17, 15) is 0 Å². The Balaban J connectivity index is 2.14. The third kappa shape index (κ3) is 3.48. The number of hydrogen-bond acceptors (Lipinski definition) is 5. The lowest BCUT2D eigenvalue weighted by molar-refractivity contribution is 0.849. The van der Waals surface area contributed by atoms with Crippen LogP contribution in [0.15, 0.2) is 17.5 Å². The minimum absolute atomic E-state index is 0.810. The normalized spacial score (nSPS) is 10.6. The molecule has 0 aliphatic heterocycles. The van der Waals surface area contributed by atoms with E-state index < -0.39 is 0 Å². The molecule has 0 fully saturated rings. The molecule has 108 valence electrons. The van der Waals surface area contributed by atoms with Crippen LogP contribution in [0.3, 0.4) is 0 Å². The van der Waals surface area contributed by atoms with Crippen molar-refractivity contribution in [3.63, 3.8) is 0 Å². The predicted octanol–water partition coefficient (Wildman–Crippen LogP) is 3.27. The van der Waals surface area contributed by atoms with E-state index in [2.05, 4.69) is 58.6 Å². The molecule has 0 aliphatic carbocycles. The van der Waals surface area contributed by atoms with Crippen LogP contribution in [0.25, 0.3) is 0 Å². The van der Waals surface area contributed by atoms with Crippen molar-refractivity contribution >= 4 is 23.0 Å². The van der Waals surface area contributed by atoms with Gasteiger partial charge in [-0.25, -0.2) is 9.97 Å². The van der Waals surface area contributed by atoms with Crippen LogP contribution in [0, 0.1) is 13.8 Å². The summed E-state index contributed by atoms with van der Waals surface area (Å²) in [6.07, 6.45) is 1.05. The Labute approximate surface area is 124 Å². The second kappa shape index (κ2) is 6.70. The molecule has 0 aromatic carbocycles. The van der Waals surface area contributed by atoms with E-state index in [-0.39, 0.29) is 0 Å². The summed E-state index contributed by atoms with van der Waals surface area (Å²) in [5.74, 6) is 2.77. The van der Waals surface area contributed by atoms with E-state index in [0.29, 0.717) is 0 Å². The first kappa shape index (κ1) is 14.8. The quantitative estimate of drug-likeness (QED) is 0.886. The Hall–Kier alpha value is -1.62. The van der Waals surface area contributed by atoms with Crippen LogP contribution in [0.2, 0.25) is 0 Å². The number of thiophene rings is 1. The van der Waals surface area contributed by atoms with E-state index in [1.165, 1.54) is 4.88 Å². The van der Waals surface area contributed by atoms with Gasteiger partial charge in [0.05, 0.1) is 0 Å². The zero-order chi connectivity index (χ0) is 14.5. The second-order valence-electron chi connectivity index (χ2n) is 4.85. The predicted molar refractivity (Wildman–Crippen MR) is 87.0 cm³/mol. The molecule has 0 radical (unpaired) electrons. The maximum atomic E-state index is 4.59. The summed E-state index contributed by atoms with van der Waals surface area (Å²) in [6.45, 7) is 7.93. The van der Waals surface area contributed by atoms with Gasteiger partial charge in [0.2, 0.25) is 0 Å². The van der Waals surface area contributed by atoms with Gasteiger partial charge in [0.1, 0.15) is 17.5 Å². The second-order valence-corrected chi connectivity index (χ2v) is 5.88. The van der Waals surface area contributed by atoms with Gasteiger partial charge in [-0.15, -0.1) is 11.3 Å². The molecule has 2 rings (SSSR count). The lowest BCUT2D eigenvalue weighted by Crippen LogP contribution is -2.23. The Morgan fingerprint density at radius 3 is 2.75 bits per heavy atom.